The van der Waals surface area contributed by atoms with Crippen molar-refractivity contribution in [2.75, 3.05) is 25.0 Å². The van der Waals surface area contributed by atoms with Crippen molar-refractivity contribution in [3.05, 3.63) is 27.3 Å². The largest absolute Gasteiger partial charge is 0.392 e. The van der Waals surface area contributed by atoms with Crippen LogP contribution in [0.3, 0.4) is 0 Å². The Bertz CT molecular complexity index is 451. The number of amides is 1. The van der Waals surface area contributed by atoms with Gasteiger partial charge < -0.3 is 10.4 Å². The van der Waals surface area contributed by atoms with Crippen LogP contribution in [0.2, 0.25) is 0 Å². The molecule has 1 aliphatic rings. The van der Waals surface area contributed by atoms with Crippen molar-refractivity contribution in [2.45, 2.75) is 19.4 Å². The summed E-state index contributed by atoms with van der Waals surface area (Å²) in [5.74, 6) is -0.0200. The highest BCUT2D eigenvalue weighted by molar-refractivity contribution is 14.1. The number of hydrogen-bond donors (Lipinski definition) is 2. The van der Waals surface area contributed by atoms with Crippen molar-refractivity contribution in [3.8, 4) is 0 Å². The molecule has 1 aromatic carbocycles. The molecule has 1 aliphatic heterocycles. The minimum absolute atomic E-state index is 0.0200. The van der Waals surface area contributed by atoms with Gasteiger partial charge in [-0.1, -0.05) is 0 Å². The van der Waals surface area contributed by atoms with Crippen LogP contribution in [0, 0.1) is 10.5 Å². The molecule has 1 atom stereocenters. The van der Waals surface area contributed by atoms with Gasteiger partial charge in [0, 0.05) is 22.3 Å². The van der Waals surface area contributed by atoms with Gasteiger partial charge in [0.2, 0.25) is 5.91 Å². The second-order valence-electron chi connectivity index (χ2n) is 4.69. The number of hydrogen-bond acceptors (Lipinski definition) is 3. The van der Waals surface area contributed by atoms with E-state index in [1.165, 1.54) is 0 Å². The van der Waals surface area contributed by atoms with Gasteiger partial charge in [-0.3, -0.25) is 9.69 Å². The third kappa shape index (κ3) is 3.66. The molecule has 0 aromatic heterocycles. The SMILES string of the molecule is Cc1cc(I)ccc1NC(=O)CN1CC[C@@H](O)C1. The summed E-state index contributed by atoms with van der Waals surface area (Å²) >= 11 is 2.25. The molecule has 4 nitrogen and oxygen atoms in total. The molecule has 0 aliphatic carbocycles. The Hall–Kier alpha value is -0.660. The number of carbonyl (C=O) groups is 1. The summed E-state index contributed by atoms with van der Waals surface area (Å²) in [6.07, 6.45) is 0.480. The summed E-state index contributed by atoms with van der Waals surface area (Å²) < 4.78 is 1.16. The molecule has 5 heteroatoms. The van der Waals surface area contributed by atoms with Crippen molar-refractivity contribution in [2.24, 2.45) is 0 Å². The number of aliphatic hydroxyl groups is 1. The van der Waals surface area contributed by atoms with E-state index in [-0.39, 0.29) is 12.0 Å². The van der Waals surface area contributed by atoms with E-state index in [0.29, 0.717) is 13.1 Å². The van der Waals surface area contributed by atoms with Crippen LogP contribution >= 0.6 is 22.6 Å². The van der Waals surface area contributed by atoms with Crippen molar-refractivity contribution in [1.82, 2.24) is 4.90 Å². The van der Waals surface area contributed by atoms with E-state index in [0.717, 1.165) is 27.8 Å². The molecule has 0 unspecified atom stereocenters. The summed E-state index contributed by atoms with van der Waals surface area (Å²) in [6, 6.07) is 5.94. The Morgan fingerprint density at radius 1 is 1.61 bits per heavy atom. The molecule has 2 rings (SSSR count). The first-order valence-electron chi connectivity index (χ1n) is 6.01. The highest BCUT2D eigenvalue weighted by Gasteiger charge is 2.22. The minimum atomic E-state index is -0.280. The predicted octanol–water partition coefficient (Wildman–Crippen LogP) is 1.60. The third-order valence-corrected chi connectivity index (χ3v) is 3.75. The van der Waals surface area contributed by atoms with Gasteiger partial charge in [0.15, 0.2) is 0 Å². The number of β-amino-alcohol motifs (C(OH)–C–C–N with tert-alkyl or cyclic N) is 1. The molecule has 1 aromatic rings. The van der Waals surface area contributed by atoms with Gasteiger partial charge in [-0.15, -0.1) is 0 Å². The molecule has 1 saturated heterocycles. The number of likely N-dealkylation sites (tertiary alicyclic amines) is 1. The lowest BCUT2D eigenvalue weighted by Gasteiger charge is -2.15. The molecular weight excluding hydrogens is 343 g/mol. The summed E-state index contributed by atoms with van der Waals surface area (Å²) in [7, 11) is 0. The quantitative estimate of drug-likeness (QED) is 0.806. The van der Waals surface area contributed by atoms with E-state index in [2.05, 4.69) is 27.9 Å². The maximum atomic E-state index is 11.9. The second kappa shape index (κ2) is 5.99. The molecule has 18 heavy (non-hydrogen) atoms. The van der Waals surface area contributed by atoms with Gasteiger partial charge >= 0.3 is 0 Å². The summed E-state index contributed by atoms with van der Waals surface area (Å²) in [6.45, 7) is 3.72. The van der Waals surface area contributed by atoms with Crippen LogP contribution < -0.4 is 5.32 Å². The van der Waals surface area contributed by atoms with Crippen LogP contribution in [-0.4, -0.2) is 41.7 Å². The zero-order valence-electron chi connectivity index (χ0n) is 10.3. The Morgan fingerprint density at radius 3 is 3.00 bits per heavy atom. The van der Waals surface area contributed by atoms with Gasteiger partial charge in [0.25, 0.3) is 0 Å². The van der Waals surface area contributed by atoms with Crippen molar-refractivity contribution < 1.29 is 9.90 Å². The van der Waals surface area contributed by atoms with E-state index in [1.807, 2.05) is 30.0 Å². The van der Waals surface area contributed by atoms with E-state index in [1.54, 1.807) is 0 Å². The van der Waals surface area contributed by atoms with Crippen LogP contribution in [0.1, 0.15) is 12.0 Å². The molecular formula is C13H17IN2O2. The number of carbonyl (C=O) groups excluding carboxylic acids is 1. The molecule has 0 spiro atoms. The van der Waals surface area contributed by atoms with Crippen LogP contribution in [0.15, 0.2) is 18.2 Å². The first-order chi connectivity index (χ1) is 8.54. The van der Waals surface area contributed by atoms with Crippen LogP contribution in [0.25, 0.3) is 0 Å². The van der Waals surface area contributed by atoms with Crippen LogP contribution in [-0.2, 0) is 4.79 Å². The average Bonchev–Trinajstić information content (AvgIpc) is 2.68. The Labute approximate surface area is 121 Å². The molecule has 2 N–H and O–H groups in total. The van der Waals surface area contributed by atoms with E-state index in [4.69, 9.17) is 0 Å². The first-order valence-corrected chi connectivity index (χ1v) is 7.09. The molecule has 0 saturated carbocycles. The van der Waals surface area contributed by atoms with E-state index < -0.39 is 0 Å². The average molecular weight is 360 g/mol. The zero-order chi connectivity index (χ0) is 13.1. The monoisotopic (exact) mass is 360 g/mol. The standard InChI is InChI=1S/C13H17IN2O2/c1-9-6-10(14)2-3-12(9)15-13(18)8-16-5-4-11(17)7-16/h2-3,6,11,17H,4-5,7-8H2,1H3,(H,15,18)/t11-/m1/s1. The van der Waals surface area contributed by atoms with E-state index >= 15 is 0 Å². The zero-order valence-corrected chi connectivity index (χ0v) is 12.5. The number of halogens is 1. The van der Waals surface area contributed by atoms with Gasteiger partial charge in [-0.05, 0) is 59.7 Å². The number of aliphatic hydroxyl groups excluding tert-OH is 1. The minimum Gasteiger partial charge on any atom is -0.392 e. The van der Waals surface area contributed by atoms with Crippen molar-refractivity contribution in [1.29, 1.82) is 0 Å². The molecule has 98 valence electrons. The predicted molar refractivity (Wildman–Crippen MR) is 79.6 cm³/mol. The lowest BCUT2D eigenvalue weighted by Crippen LogP contribution is -2.32. The molecule has 1 amide bonds. The number of rotatable bonds is 3. The van der Waals surface area contributed by atoms with Gasteiger partial charge in [-0.25, -0.2) is 0 Å². The molecule has 0 radical (unpaired) electrons. The Balaban J connectivity index is 1.91. The van der Waals surface area contributed by atoms with Crippen molar-refractivity contribution >= 4 is 34.2 Å². The smallest absolute Gasteiger partial charge is 0.238 e. The fraction of sp³-hybridized carbons (Fsp3) is 0.462. The lowest BCUT2D eigenvalue weighted by molar-refractivity contribution is -0.117. The maximum absolute atomic E-state index is 11.9. The van der Waals surface area contributed by atoms with Gasteiger partial charge in [0.05, 0.1) is 12.6 Å². The summed E-state index contributed by atoms with van der Waals surface area (Å²) in [4.78, 5) is 13.9. The fourth-order valence-corrected chi connectivity index (χ4v) is 2.76. The normalized spacial score (nSPS) is 20.1. The number of nitrogens with one attached hydrogen (secondary N) is 1. The topological polar surface area (TPSA) is 52.6 Å². The molecule has 1 heterocycles. The third-order valence-electron chi connectivity index (χ3n) is 3.08. The number of benzene rings is 1. The van der Waals surface area contributed by atoms with Crippen molar-refractivity contribution in [3.63, 3.8) is 0 Å². The molecule has 0 bridgehead atoms. The Morgan fingerprint density at radius 2 is 2.39 bits per heavy atom. The maximum Gasteiger partial charge on any atom is 0.238 e. The van der Waals surface area contributed by atoms with E-state index in [9.17, 15) is 9.90 Å². The van der Waals surface area contributed by atoms with Crippen LogP contribution in [0.4, 0.5) is 5.69 Å². The highest BCUT2D eigenvalue weighted by atomic mass is 127. The molecule has 1 fully saturated rings. The summed E-state index contributed by atoms with van der Waals surface area (Å²) in [5, 5.41) is 12.3. The van der Waals surface area contributed by atoms with Gasteiger partial charge in [0.1, 0.15) is 0 Å². The Kier molecular flexibility index (Phi) is 4.58. The number of anilines is 1. The first kappa shape index (κ1) is 13.8. The van der Waals surface area contributed by atoms with Gasteiger partial charge in [-0.2, -0.15) is 0 Å². The fourth-order valence-electron chi connectivity index (χ4n) is 2.12. The van der Waals surface area contributed by atoms with Crippen LogP contribution in [0.5, 0.6) is 0 Å². The number of nitrogens with zero attached hydrogens (tertiary/aromatic N) is 1. The number of aryl methyl sites for hydroxylation is 1. The second-order valence-corrected chi connectivity index (χ2v) is 5.93. The summed E-state index contributed by atoms with van der Waals surface area (Å²) in [5.41, 5.74) is 1.93. The lowest BCUT2D eigenvalue weighted by atomic mass is 10.2. The highest BCUT2D eigenvalue weighted by Crippen LogP contribution is 2.18.